The Morgan fingerprint density at radius 3 is 2.79 bits per heavy atom. The van der Waals surface area contributed by atoms with E-state index in [1.807, 2.05) is 13.0 Å². The van der Waals surface area contributed by atoms with E-state index in [0.29, 0.717) is 22.0 Å². The van der Waals surface area contributed by atoms with Crippen LogP contribution in [-0.2, 0) is 0 Å². The van der Waals surface area contributed by atoms with Gasteiger partial charge in [0.15, 0.2) is 0 Å². The number of carbonyl (C=O) groups excluding carboxylic acids is 1. The minimum Gasteiger partial charge on any atom is -0.323 e. The number of hydrogen-bond donors (Lipinski definition) is 3. The van der Waals surface area contributed by atoms with Crippen molar-refractivity contribution in [1.82, 2.24) is 4.98 Å². The van der Waals surface area contributed by atoms with Crippen LogP contribution in [0.15, 0.2) is 36.7 Å². The highest BCUT2D eigenvalue weighted by atomic mass is 35.5. The topological polar surface area (TPSA) is 80.0 Å². The van der Waals surface area contributed by atoms with Gasteiger partial charge in [-0.05, 0) is 36.8 Å². The smallest absolute Gasteiger partial charge is 0.257 e. The monoisotopic (exact) mass is 276 g/mol. The van der Waals surface area contributed by atoms with Gasteiger partial charge in [0, 0.05) is 11.2 Å². The number of aromatic nitrogens is 1. The number of rotatable bonds is 3. The van der Waals surface area contributed by atoms with Crippen molar-refractivity contribution >= 4 is 28.9 Å². The van der Waals surface area contributed by atoms with E-state index in [9.17, 15) is 4.79 Å². The third-order valence-corrected chi connectivity index (χ3v) is 2.75. The Labute approximate surface area is 115 Å². The Kier molecular flexibility index (Phi) is 3.99. The largest absolute Gasteiger partial charge is 0.323 e. The first-order valence-electron chi connectivity index (χ1n) is 5.59. The van der Waals surface area contributed by atoms with Crippen molar-refractivity contribution < 1.29 is 4.79 Å². The Hall–Kier alpha value is -2.11. The van der Waals surface area contributed by atoms with E-state index in [-0.39, 0.29) is 5.91 Å². The van der Waals surface area contributed by atoms with Gasteiger partial charge in [-0.1, -0.05) is 11.6 Å². The number of hydrogen-bond acceptors (Lipinski definition) is 4. The second kappa shape index (κ2) is 5.69. The number of nitrogens with one attached hydrogen (secondary N) is 2. The highest BCUT2D eigenvalue weighted by Crippen LogP contribution is 2.21. The van der Waals surface area contributed by atoms with Crippen molar-refractivity contribution in [2.45, 2.75) is 6.92 Å². The molecule has 0 radical (unpaired) electrons. The van der Waals surface area contributed by atoms with E-state index in [4.69, 9.17) is 17.4 Å². The van der Waals surface area contributed by atoms with Crippen LogP contribution in [0.25, 0.3) is 0 Å². The summed E-state index contributed by atoms with van der Waals surface area (Å²) in [5.74, 6) is 5.07. The van der Waals surface area contributed by atoms with Crippen LogP contribution >= 0.6 is 11.6 Å². The second-order valence-corrected chi connectivity index (χ2v) is 4.48. The van der Waals surface area contributed by atoms with Crippen molar-refractivity contribution in [2.24, 2.45) is 5.84 Å². The summed E-state index contributed by atoms with van der Waals surface area (Å²) < 4.78 is 0. The molecule has 6 heteroatoms. The van der Waals surface area contributed by atoms with Crippen molar-refractivity contribution in [2.75, 3.05) is 10.7 Å². The van der Waals surface area contributed by atoms with E-state index in [0.717, 1.165) is 5.56 Å². The molecule has 1 aromatic carbocycles. The zero-order valence-electron chi connectivity index (χ0n) is 10.3. The molecule has 0 saturated heterocycles. The van der Waals surface area contributed by atoms with Gasteiger partial charge in [0.2, 0.25) is 0 Å². The summed E-state index contributed by atoms with van der Waals surface area (Å²) in [4.78, 5) is 16.2. The van der Waals surface area contributed by atoms with Crippen LogP contribution in [0.2, 0.25) is 5.02 Å². The van der Waals surface area contributed by atoms with Gasteiger partial charge >= 0.3 is 0 Å². The summed E-state index contributed by atoms with van der Waals surface area (Å²) in [6.07, 6.45) is 3.28. The molecule has 0 saturated carbocycles. The molecular formula is C13H13ClN4O. The fraction of sp³-hybridized carbons (Fsp3) is 0.0769. The molecule has 0 spiro atoms. The molecule has 0 aliphatic heterocycles. The molecular weight excluding hydrogens is 264 g/mol. The lowest BCUT2D eigenvalue weighted by Gasteiger charge is -2.10. The lowest BCUT2D eigenvalue weighted by molar-refractivity contribution is 0.102. The molecule has 0 aliphatic carbocycles. The van der Waals surface area contributed by atoms with Crippen molar-refractivity contribution in [3.05, 3.63) is 52.8 Å². The summed E-state index contributed by atoms with van der Waals surface area (Å²) in [7, 11) is 0. The summed E-state index contributed by atoms with van der Waals surface area (Å²) >= 11 is 5.89. The van der Waals surface area contributed by atoms with E-state index in [1.165, 1.54) is 0 Å². The fourth-order valence-corrected chi connectivity index (χ4v) is 1.82. The van der Waals surface area contributed by atoms with Crippen LogP contribution in [0.5, 0.6) is 0 Å². The van der Waals surface area contributed by atoms with Gasteiger partial charge in [0.1, 0.15) is 0 Å². The van der Waals surface area contributed by atoms with E-state index in [2.05, 4.69) is 15.7 Å². The van der Waals surface area contributed by atoms with Gasteiger partial charge in [0.05, 0.1) is 23.1 Å². The molecule has 2 aromatic rings. The average molecular weight is 277 g/mol. The molecule has 1 aromatic heterocycles. The first-order valence-corrected chi connectivity index (χ1v) is 5.97. The van der Waals surface area contributed by atoms with Crippen LogP contribution in [-0.4, -0.2) is 10.9 Å². The molecule has 98 valence electrons. The Morgan fingerprint density at radius 1 is 1.32 bits per heavy atom. The zero-order valence-corrected chi connectivity index (χ0v) is 11.0. The molecule has 0 bridgehead atoms. The SMILES string of the molecule is Cc1cncc(NC(=O)c2cc(Cl)ccc2NN)c1. The fourth-order valence-electron chi connectivity index (χ4n) is 1.65. The number of anilines is 2. The Balaban J connectivity index is 2.27. The van der Waals surface area contributed by atoms with Crippen LogP contribution in [0.1, 0.15) is 15.9 Å². The van der Waals surface area contributed by atoms with Crippen LogP contribution < -0.4 is 16.6 Å². The maximum absolute atomic E-state index is 12.2. The molecule has 19 heavy (non-hydrogen) atoms. The van der Waals surface area contributed by atoms with Gasteiger partial charge in [-0.25, -0.2) is 0 Å². The molecule has 5 nitrogen and oxygen atoms in total. The van der Waals surface area contributed by atoms with Gasteiger partial charge in [-0.15, -0.1) is 0 Å². The van der Waals surface area contributed by atoms with Crippen LogP contribution in [0.4, 0.5) is 11.4 Å². The summed E-state index contributed by atoms with van der Waals surface area (Å²) in [5, 5.41) is 3.21. The molecule has 0 aliphatic rings. The Bertz CT molecular complexity index is 615. The van der Waals surface area contributed by atoms with Crippen molar-refractivity contribution in [3.8, 4) is 0 Å². The normalized spacial score (nSPS) is 10.1. The third kappa shape index (κ3) is 3.21. The first kappa shape index (κ1) is 13.3. The van der Waals surface area contributed by atoms with Gasteiger partial charge < -0.3 is 10.7 Å². The van der Waals surface area contributed by atoms with Gasteiger partial charge in [-0.2, -0.15) is 0 Å². The van der Waals surface area contributed by atoms with Crippen molar-refractivity contribution in [3.63, 3.8) is 0 Å². The Morgan fingerprint density at radius 2 is 2.11 bits per heavy atom. The zero-order chi connectivity index (χ0) is 13.8. The molecule has 0 atom stereocenters. The highest BCUT2D eigenvalue weighted by Gasteiger charge is 2.12. The second-order valence-electron chi connectivity index (χ2n) is 4.04. The predicted octanol–water partition coefficient (Wildman–Crippen LogP) is 2.58. The maximum Gasteiger partial charge on any atom is 0.257 e. The molecule has 2 rings (SSSR count). The van der Waals surface area contributed by atoms with Crippen LogP contribution in [0.3, 0.4) is 0 Å². The van der Waals surface area contributed by atoms with E-state index < -0.39 is 0 Å². The van der Waals surface area contributed by atoms with E-state index >= 15 is 0 Å². The summed E-state index contributed by atoms with van der Waals surface area (Å²) in [5.41, 5.74) is 4.92. The number of nitrogen functional groups attached to an aromatic ring is 1. The minimum atomic E-state index is -0.303. The lowest BCUT2D eigenvalue weighted by Crippen LogP contribution is -2.17. The number of aryl methyl sites for hydroxylation is 1. The number of nitrogens with two attached hydrogens (primary N) is 1. The molecule has 0 fully saturated rings. The van der Waals surface area contributed by atoms with Gasteiger partial charge in [-0.3, -0.25) is 15.6 Å². The number of halogens is 1. The standard InChI is InChI=1S/C13H13ClN4O/c1-8-4-10(7-16-6-8)17-13(19)11-5-9(14)2-3-12(11)18-15/h2-7,18H,15H2,1H3,(H,17,19). The number of benzene rings is 1. The summed E-state index contributed by atoms with van der Waals surface area (Å²) in [6, 6.07) is 6.67. The number of nitrogens with zero attached hydrogens (tertiary/aromatic N) is 1. The van der Waals surface area contributed by atoms with Crippen molar-refractivity contribution in [1.29, 1.82) is 0 Å². The summed E-state index contributed by atoms with van der Waals surface area (Å²) in [6.45, 7) is 1.90. The van der Waals surface area contributed by atoms with E-state index in [1.54, 1.807) is 30.6 Å². The number of pyridine rings is 1. The number of carbonyl (C=O) groups is 1. The quantitative estimate of drug-likeness (QED) is 0.595. The highest BCUT2D eigenvalue weighted by molar-refractivity contribution is 6.31. The number of hydrazine groups is 1. The predicted molar refractivity (Wildman–Crippen MR) is 76.2 cm³/mol. The maximum atomic E-state index is 12.2. The van der Waals surface area contributed by atoms with Gasteiger partial charge in [0.25, 0.3) is 5.91 Å². The molecule has 1 heterocycles. The lowest BCUT2D eigenvalue weighted by atomic mass is 10.1. The molecule has 0 unspecified atom stereocenters. The molecule has 4 N–H and O–H groups in total. The van der Waals surface area contributed by atoms with Crippen LogP contribution in [0, 0.1) is 6.92 Å². The first-order chi connectivity index (χ1) is 9.10. The third-order valence-electron chi connectivity index (χ3n) is 2.51. The average Bonchev–Trinajstić information content (AvgIpc) is 2.38. The minimum absolute atomic E-state index is 0.303. The number of amides is 1. The molecule has 1 amide bonds.